The van der Waals surface area contributed by atoms with E-state index in [1.807, 2.05) is 36.4 Å². The van der Waals surface area contributed by atoms with Gasteiger partial charge in [0.05, 0.1) is 5.70 Å². The van der Waals surface area contributed by atoms with Crippen molar-refractivity contribution in [2.24, 2.45) is 0 Å². The normalized spacial score (nSPS) is 20.2. The number of benzene rings is 2. The number of hydrogen-bond acceptors (Lipinski definition) is 2. The van der Waals surface area contributed by atoms with E-state index in [1.54, 1.807) is 4.31 Å². The van der Waals surface area contributed by atoms with Crippen molar-refractivity contribution in [3.8, 4) is 0 Å². The third-order valence-electron chi connectivity index (χ3n) is 4.13. The fourth-order valence-corrected chi connectivity index (χ4v) is 5.12. The van der Waals surface area contributed by atoms with Crippen molar-refractivity contribution >= 4 is 26.5 Å². The summed E-state index contributed by atoms with van der Waals surface area (Å²) in [6.07, 6.45) is 5.00. The van der Waals surface area contributed by atoms with E-state index in [0.717, 1.165) is 41.3 Å². The van der Waals surface area contributed by atoms with Crippen LogP contribution in [0.3, 0.4) is 0 Å². The molecule has 102 valence electrons. The van der Waals surface area contributed by atoms with Crippen LogP contribution in [-0.4, -0.2) is 19.3 Å². The maximum atomic E-state index is 12.9. The van der Waals surface area contributed by atoms with E-state index in [0.29, 0.717) is 11.4 Å². The van der Waals surface area contributed by atoms with Crippen molar-refractivity contribution in [1.82, 2.24) is 4.31 Å². The molecule has 0 saturated heterocycles. The molecule has 0 saturated carbocycles. The molecular formula is C16H15NO2S. The van der Waals surface area contributed by atoms with Crippen LogP contribution in [0.1, 0.15) is 24.8 Å². The van der Waals surface area contributed by atoms with Gasteiger partial charge >= 0.3 is 0 Å². The molecule has 2 aliphatic heterocycles. The van der Waals surface area contributed by atoms with E-state index in [1.165, 1.54) is 0 Å². The number of hydrogen-bond donors (Lipinski definition) is 0. The van der Waals surface area contributed by atoms with Crippen molar-refractivity contribution in [3.05, 3.63) is 48.0 Å². The van der Waals surface area contributed by atoms with E-state index >= 15 is 0 Å². The van der Waals surface area contributed by atoms with Crippen LogP contribution in [-0.2, 0) is 10.0 Å². The molecule has 0 unspecified atom stereocenters. The summed E-state index contributed by atoms with van der Waals surface area (Å²) in [5.74, 6) is 0. The predicted molar refractivity (Wildman–Crippen MR) is 79.7 cm³/mol. The van der Waals surface area contributed by atoms with Crippen LogP contribution in [0.25, 0.3) is 16.5 Å². The molecule has 0 bridgehead atoms. The van der Waals surface area contributed by atoms with Crippen LogP contribution in [0.4, 0.5) is 0 Å². The van der Waals surface area contributed by atoms with Crippen LogP contribution in [0.5, 0.6) is 0 Å². The second-order valence-electron chi connectivity index (χ2n) is 5.33. The second-order valence-corrected chi connectivity index (χ2v) is 7.12. The van der Waals surface area contributed by atoms with Gasteiger partial charge in [-0.1, -0.05) is 42.5 Å². The van der Waals surface area contributed by atoms with Crippen molar-refractivity contribution in [2.75, 3.05) is 6.54 Å². The van der Waals surface area contributed by atoms with Gasteiger partial charge in [0.25, 0.3) is 10.0 Å². The zero-order valence-electron chi connectivity index (χ0n) is 11.0. The molecule has 0 aromatic heterocycles. The Bertz CT molecular complexity index is 837. The van der Waals surface area contributed by atoms with Crippen molar-refractivity contribution in [3.63, 3.8) is 0 Å². The molecule has 3 nitrogen and oxygen atoms in total. The summed E-state index contributed by atoms with van der Waals surface area (Å²) in [6, 6.07) is 11.7. The first kappa shape index (κ1) is 12.0. The summed E-state index contributed by atoms with van der Waals surface area (Å²) in [7, 11) is -3.39. The minimum absolute atomic E-state index is 0.490. The highest BCUT2D eigenvalue weighted by atomic mass is 32.2. The summed E-state index contributed by atoms with van der Waals surface area (Å²) >= 11 is 0. The Hall–Kier alpha value is -1.81. The average Bonchev–Trinajstić information content (AvgIpc) is 2.64. The van der Waals surface area contributed by atoms with E-state index < -0.39 is 10.0 Å². The Kier molecular flexibility index (Phi) is 2.45. The van der Waals surface area contributed by atoms with Gasteiger partial charge in [0.1, 0.15) is 4.90 Å². The quantitative estimate of drug-likeness (QED) is 0.744. The maximum absolute atomic E-state index is 12.9. The zero-order chi connectivity index (χ0) is 13.7. The van der Waals surface area contributed by atoms with E-state index in [2.05, 4.69) is 6.08 Å². The first-order valence-corrected chi connectivity index (χ1v) is 8.38. The Morgan fingerprint density at radius 2 is 1.85 bits per heavy atom. The number of allylic oxidation sites excluding steroid dienone is 1. The lowest BCUT2D eigenvalue weighted by Crippen LogP contribution is -2.24. The molecule has 2 aromatic rings. The van der Waals surface area contributed by atoms with Crippen LogP contribution in [0.15, 0.2) is 47.4 Å². The van der Waals surface area contributed by atoms with E-state index in [-0.39, 0.29) is 0 Å². The standard InChI is InChI=1S/C16H15NO2S/c18-20(19)16-13-7-4-3-6-12(13)9-10-14(16)15-8-2-1-5-11-17(15)20/h3-4,6-10H,1-2,5,11H2. The summed E-state index contributed by atoms with van der Waals surface area (Å²) in [6.45, 7) is 0.594. The topological polar surface area (TPSA) is 37.4 Å². The van der Waals surface area contributed by atoms with Gasteiger partial charge in [0.15, 0.2) is 0 Å². The molecular weight excluding hydrogens is 270 g/mol. The fraction of sp³-hybridized carbons (Fsp3) is 0.250. The minimum Gasteiger partial charge on any atom is -0.266 e. The predicted octanol–water partition coefficient (Wildman–Crippen LogP) is 3.37. The molecule has 2 aromatic carbocycles. The molecule has 0 N–H and O–H groups in total. The second kappa shape index (κ2) is 4.09. The first-order valence-electron chi connectivity index (χ1n) is 6.94. The van der Waals surface area contributed by atoms with Gasteiger partial charge in [-0.2, -0.15) is 0 Å². The van der Waals surface area contributed by atoms with Gasteiger partial charge in [-0.3, -0.25) is 4.31 Å². The number of rotatable bonds is 0. The van der Waals surface area contributed by atoms with Crippen LogP contribution < -0.4 is 0 Å². The molecule has 0 amide bonds. The zero-order valence-corrected chi connectivity index (χ0v) is 11.9. The van der Waals surface area contributed by atoms with Crippen molar-refractivity contribution in [1.29, 1.82) is 0 Å². The summed E-state index contributed by atoms with van der Waals surface area (Å²) < 4.78 is 27.3. The molecule has 2 aliphatic rings. The highest BCUT2D eigenvalue weighted by Crippen LogP contribution is 2.43. The molecule has 20 heavy (non-hydrogen) atoms. The fourth-order valence-electron chi connectivity index (χ4n) is 3.19. The molecule has 2 heterocycles. The van der Waals surface area contributed by atoms with Gasteiger partial charge in [0, 0.05) is 17.5 Å². The monoisotopic (exact) mass is 285 g/mol. The SMILES string of the molecule is O=S1(=O)c2c(ccc3ccccc23)C2=CCCCCN21. The number of fused-ring (bicyclic) bond motifs is 5. The lowest BCUT2D eigenvalue weighted by molar-refractivity contribution is 0.512. The van der Waals surface area contributed by atoms with Crippen molar-refractivity contribution < 1.29 is 8.42 Å². The van der Waals surface area contributed by atoms with Crippen LogP contribution in [0.2, 0.25) is 0 Å². The van der Waals surface area contributed by atoms with E-state index in [4.69, 9.17) is 0 Å². The maximum Gasteiger partial charge on any atom is 0.265 e. The molecule has 4 rings (SSSR count). The number of sulfonamides is 1. The lowest BCUT2D eigenvalue weighted by Gasteiger charge is -2.16. The lowest BCUT2D eigenvalue weighted by atomic mass is 10.0. The van der Waals surface area contributed by atoms with Crippen LogP contribution in [0, 0.1) is 0 Å². The van der Waals surface area contributed by atoms with Crippen LogP contribution >= 0.6 is 0 Å². The highest BCUT2D eigenvalue weighted by Gasteiger charge is 2.39. The molecule has 0 spiro atoms. The molecule has 0 aliphatic carbocycles. The molecule has 0 radical (unpaired) electrons. The highest BCUT2D eigenvalue weighted by molar-refractivity contribution is 7.90. The smallest absolute Gasteiger partial charge is 0.265 e. The van der Waals surface area contributed by atoms with E-state index in [9.17, 15) is 8.42 Å². The van der Waals surface area contributed by atoms with Gasteiger partial charge in [-0.25, -0.2) is 8.42 Å². The summed E-state index contributed by atoms with van der Waals surface area (Å²) in [5.41, 5.74) is 1.74. The Morgan fingerprint density at radius 3 is 2.75 bits per heavy atom. The first-order chi connectivity index (χ1) is 9.69. The van der Waals surface area contributed by atoms with Crippen molar-refractivity contribution in [2.45, 2.75) is 24.2 Å². The largest absolute Gasteiger partial charge is 0.266 e. The number of nitrogens with zero attached hydrogens (tertiary/aromatic N) is 1. The Balaban J connectivity index is 2.12. The summed E-state index contributed by atoms with van der Waals surface area (Å²) in [4.78, 5) is 0.490. The van der Waals surface area contributed by atoms with Gasteiger partial charge < -0.3 is 0 Å². The third kappa shape index (κ3) is 1.48. The van der Waals surface area contributed by atoms with Gasteiger partial charge in [-0.05, 0) is 24.6 Å². The Morgan fingerprint density at radius 1 is 1.00 bits per heavy atom. The molecule has 4 heteroatoms. The third-order valence-corrected chi connectivity index (χ3v) is 6.04. The summed E-state index contributed by atoms with van der Waals surface area (Å²) in [5, 5.41) is 1.81. The van der Waals surface area contributed by atoms with Gasteiger partial charge in [-0.15, -0.1) is 0 Å². The van der Waals surface area contributed by atoms with Gasteiger partial charge in [0.2, 0.25) is 0 Å². The minimum atomic E-state index is -3.39. The molecule has 0 fully saturated rings. The Labute approximate surface area is 118 Å². The molecule has 0 atom stereocenters. The average molecular weight is 285 g/mol.